The van der Waals surface area contributed by atoms with Gasteiger partial charge in [0.1, 0.15) is 0 Å². The van der Waals surface area contributed by atoms with E-state index in [1.807, 2.05) is 31.2 Å². The molecule has 1 aromatic rings. The Balaban J connectivity index is 1.85. The van der Waals surface area contributed by atoms with Gasteiger partial charge in [0.05, 0.1) is 0 Å². The van der Waals surface area contributed by atoms with Crippen LogP contribution in [-0.4, -0.2) is 37.1 Å². The summed E-state index contributed by atoms with van der Waals surface area (Å²) in [5.74, 6) is 0. The molecule has 2 rings (SSSR count). The van der Waals surface area contributed by atoms with Crippen LogP contribution in [0.1, 0.15) is 18.4 Å². The third kappa shape index (κ3) is 3.74. The number of nitrogens with one attached hydrogen (secondary N) is 2. The number of carbonyl (C=O) groups is 1. The molecule has 4 nitrogen and oxygen atoms in total. The maximum Gasteiger partial charge on any atom is 0.319 e. The van der Waals surface area contributed by atoms with E-state index in [1.54, 1.807) is 0 Å². The van der Waals surface area contributed by atoms with Crippen LogP contribution in [0.25, 0.3) is 0 Å². The zero-order valence-corrected chi connectivity index (χ0v) is 11.1. The number of benzene rings is 1. The lowest BCUT2D eigenvalue weighted by molar-refractivity contribution is 0.216. The number of hydrogen-bond acceptors (Lipinski definition) is 2. The minimum absolute atomic E-state index is 0.110. The van der Waals surface area contributed by atoms with Crippen molar-refractivity contribution in [1.29, 1.82) is 0 Å². The third-order valence-electron chi connectivity index (χ3n) is 3.24. The summed E-state index contributed by atoms with van der Waals surface area (Å²) in [6.45, 7) is 4.07. The van der Waals surface area contributed by atoms with Gasteiger partial charge in [0.25, 0.3) is 0 Å². The number of rotatable bonds is 2. The van der Waals surface area contributed by atoms with Crippen molar-refractivity contribution in [2.45, 2.75) is 25.8 Å². The van der Waals surface area contributed by atoms with E-state index in [0.717, 1.165) is 37.2 Å². The first-order valence-electron chi connectivity index (χ1n) is 6.46. The lowest BCUT2D eigenvalue weighted by atomic mass is 10.1. The number of anilines is 1. The van der Waals surface area contributed by atoms with Gasteiger partial charge in [-0.05, 0) is 51.1 Å². The van der Waals surface area contributed by atoms with E-state index in [-0.39, 0.29) is 12.1 Å². The number of hydrogen-bond donors (Lipinski definition) is 2. The van der Waals surface area contributed by atoms with Crippen molar-refractivity contribution < 1.29 is 4.79 Å². The van der Waals surface area contributed by atoms with Crippen LogP contribution in [0, 0.1) is 6.92 Å². The van der Waals surface area contributed by atoms with E-state index in [2.05, 4.69) is 22.6 Å². The fourth-order valence-electron chi connectivity index (χ4n) is 2.36. The van der Waals surface area contributed by atoms with Crippen molar-refractivity contribution in [3.8, 4) is 0 Å². The van der Waals surface area contributed by atoms with Gasteiger partial charge in [-0.1, -0.05) is 12.1 Å². The summed E-state index contributed by atoms with van der Waals surface area (Å²) in [4.78, 5) is 14.1. The highest BCUT2D eigenvalue weighted by Gasteiger charge is 2.18. The molecular weight excluding hydrogens is 226 g/mol. The second-order valence-electron chi connectivity index (χ2n) is 5.07. The summed E-state index contributed by atoms with van der Waals surface area (Å²) >= 11 is 0. The molecule has 1 aliphatic heterocycles. The summed E-state index contributed by atoms with van der Waals surface area (Å²) in [5, 5.41) is 5.90. The Kier molecular flexibility index (Phi) is 4.20. The SMILES string of the molecule is Cc1cccc(NC(=O)N[C@@H]2CCCN(C)C2)c1. The van der Waals surface area contributed by atoms with E-state index in [4.69, 9.17) is 0 Å². The lowest BCUT2D eigenvalue weighted by Crippen LogP contribution is -2.47. The molecule has 0 spiro atoms. The lowest BCUT2D eigenvalue weighted by Gasteiger charge is -2.30. The second kappa shape index (κ2) is 5.87. The molecule has 2 N–H and O–H groups in total. The van der Waals surface area contributed by atoms with E-state index >= 15 is 0 Å². The van der Waals surface area contributed by atoms with Gasteiger partial charge in [-0.15, -0.1) is 0 Å². The zero-order chi connectivity index (χ0) is 13.0. The van der Waals surface area contributed by atoms with Crippen molar-refractivity contribution in [2.75, 3.05) is 25.5 Å². The predicted molar refractivity (Wildman–Crippen MR) is 73.9 cm³/mol. The van der Waals surface area contributed by atoms with Crippen LogP contribution >= 0.6 is 0 Å². The van der Waals surface area contributed by atoms with E-state index in [9.17, 15) is 4.79 Å². The van der Waals surface area contributed by atoms with E-state index < -0.39 is 0 Å². The van der Waals surface area contributed by atoms with Crippen molar-refractivity contribution in [1.82, 2.24) is 10.2 Å². The van der Waals surface area contributed by atoms with Crippen LogP contribution in [0.3, 0.4) is 0 Å². The van der Waals surface area contributed by atoms with Crippen molar-refractivity contribution in [2.24, 2.45) is 0 Å². The molecule has 0 unspecified atom stereocenters. The molecule has 2 amide bonds. The fraction of sp³-hybridized carbons (Fsp3) is 0.500. The Morgan fingerprint density at radius 1 is 1.44 bits per heavy atom. The summed E-state index contributed by atoms with van der Waals surface area (Å²) in [6.07, 6.45) is 2.21. The summed E-state index contributed by atoms with van der Waals surface area (Å²) in [6, 6.07) is 7.97. The molecule has 98 valence electrons. The molecule has 18 heavy (non-hydrogen) atoms. The van der Waals surface area contributed by atoms with Gasteiger partial charge in [0, 0.05) is 18.3 Å². The zero-order valence-electron chi connectivity index (χ0n) is 11.1. The Morgan fingerprint density at radius 2 is 2.28 bits per heavy atom. The second-order valence-corrected chi connectivity index (χ2v) is 5.07. The molecule has 0 radical (unpaired) electrons. The molecule has 1 aliphatic rings. The molecule has 0 aromatic heterocycles. The molecule has 0 saturated carbocycles. The van der Waals surface area contributed by atoms with Gasteiger partial charge in [-0.2, -0.15) is 0 Å². The molecule has 4 heteroatoms. The van der Waals surface area contributed by atoms with Gasteiger partial charge in [0.15, 0.2) is 0 Å². The Labute approximate surface area is 108 Å². The highest BCUT2D eigenvalue weighted by atomic mass is 16.2. The molecule has 1 atom stereocenters. The average Bonchev–Trinajstić information content (AvgIpc) is 2.28. The monoisotopic (exact) mass is 247 g/mol. The Bertz CT molecular complexity index is 419. The van der Waals surface area contributed by atoms with Gasteiger partial charge < -0.3 is 15.5 Å². The number of likely N-dealkylation sites (tertiary alicyclic amines) is 1. The standard InChI is InChI=1S/C14H21N3O/c1-11-5-3-6-12(9-11)15-14(18)16-13-7-4-8-17(2)10-13/h3,5-6,9,13H,4,7-8,10H2,1-2H3,(H2,15,16,18)/t13-/m1/s1. The van der Waals surface area contributed by atoms with Crippen LogP contribution in [0.2, 0.25) is 0 Å². The number of nitrogens with zero attached hydrogens (tertiary/aromatic N) is 1. The number of likely N-dealkylation sites (N-methyl/N-ethyl adjacent to an activating group) is 1. The van der Waals surface area contributed by atoms with Gasteiger partial charge in [0.2, 0.25) is 0 Å². The number of amides is 2. The highest BCUT2D eigenvalue weighted by Crippen LogP contribution is 2.11. The third-order valence-corrected chi connectivity index (χ3v) is 3.24. The van der Waals surface area contributed by atoms with Gasteiger partial charge in [-0.25, -0.2) is 4.79 Å². The first kappa shape index (κ1) is 12.9. The molecule has 0 aliphatic carbocycles. The van der Waals surface area contributed by atoms with Crippen LogP contribution < -0.4 is 10.6 Å². The quantitative estimate of drug-likeness (QED) is 0.841. The molecule has 1 aromatic carbocycles. The van der Waals surface area contributed by atoms with Crippen LogP contribution in [0.4, 0.5) is 10.5 Å². The number of piperidine rings is 1. The number of carbonyl (C=O) groups excluding carboxylic acids is 1. The highest BCUT2D eigenvalue weighted by molar-refractivity contribution is 5.89. The topological polar surface area (TPSA) is 44.4 Å². The van der Waals surface area contributed by atoms with E-state index in [1.165, 1.54) is 0 Å². The number of aryl methyl sites for hydroxylation is 1. The summed E-state index contributed by atoms with van der Waals surface area (Å²) in [5.41, 5.74) is 1.99. The molecule has 0 bridgehead atoms. The summed E-state index contributed by atoms with van der Waals surface area (Å²) < 4.78 is 0. The molecular formula is C14H21N3O. The Morgan fingerprint density at radius 3 is 3.00 bits per heavy atom. The van der Waals surface area contributed by atoms with Crippen molar-refractivity contribution in [3.63, 3.8) is 0 Å². The number of urea groups is 1. The van der Waals surface area contributed by atoms with Crippen molar-refractivity contribution in [3.05, 3.63) is 29.8 Å². The minimum Gasteiger partial charge on any atom is -0.334 e. The van der Waals surface area contributed by atoms with Crippen LogP contribution in [-0.2, 0) is 0 Å². The maximum absolute atomic E-state index is 11.9. The van der Waals surface area contributed by atoms with Crippen molar-refractivity contribution >= 4 is 11.7 Å². The fourth-order valence-corrected chi connectivity index (χ4v) is 2.36. The van der Waals surface area contributed by atoms with Crippen LogP contribution in [0.15, 0.2) is 24.3 Å². The average molecular weight is 247 g/mol. The van der Waals surface area contributed by atoms with E-state index in [0.29, 0.717) is 0 Å². The maximum atomic E-state index is 11.9. The summed E-state index contributed by atoms with van der Waals surface area (Å²) in [7, 11) is 2.09. The minimum atomic E-state index is -0.110. The Hall–Kier alpha value is -1.55. The molecule has 1 saturated heterocycles. The molecule has 1 fully saturated rings. The van der Waals surface area contributed by atoms with Crippen LogP contribution in [0.5, 0.6) is 0 Å². The van der Waals surface area contributed by atoms with Gasteiger partial charge in [-0.3, -0.25) is 0 Å². The van der Waals surface area contributed by atoms with Gasteiger partial charge >= 0.3 is 6.03 Å². The first-order chi connectivity index (χ1) is 8.63. The largest absolute Gasteiger partial charge is 0.334 e. The normalized spacial score (nSPS) is 20.4. The molecule has 1 heterocycles. The smallest absolute Gasteiger partial charge is 0.319 e. The predicted octanol–water partition coefficient (Wildman–Crippen LogP) is 2.21. The first-order valence-corrected chi connectivity index (χ1v) is 6.46.